The first-order valence-electron chi connectivity index (χ1n) is 7.49. The maximum atomic E-state index is 12.7. The van der Waals surface area contributed by atoms with Crippen LogP contribution in [-0.2, 0) is 15.1 Å². The summed E-state index contributed by atoms with van der Waals surface area (Å²) in [5, 5.41) is 0. The summed E-state index contributed by atoms with van der Waals surface area (Å²) in [7, 11) is 0. The molecular formula is C19H19NO2. The lowest BCUT2D eigenvalue weighted by atomic mass is 9.80. The molecule has 3 nitrogen and oxygen atoms in total. The monoisotopic (exact) mass is 293 g/mol. The van der Waals surface area contributed by atoms with E-state index in [-0.39, 0.29) is 11.9 Å². The molecule has 0 saturated heterocycles. The molecule has 22 heavy (non-hydrogen) atoms. The molecule has 0 radical (unpaired) electrons. The molecule has 3 rings (SSSR count). The molecule has 0 amide bonds. The molecule has 1 atom stereocenters. The van der Waals surface area contributed by atoms with E-state index < -0.39 is 5.54 Å². The van der Waals surface area contributed by atoms with Crippen LogP contribution < -0.4 is 0 Å². The van der Waals surface area contributed by atoms with Gasteiger partial charge in [-0.1, -0.05) is 61.9 Å². The highest BCUT2D eigenvalue weighted by molar-refractivity contribution is 6.08. The average Bonchev–Trinajstić information content (AvgIpc) is 2.88. The molecule has 0 fully saturated rings. The normalized spacial score (nSPS) is 20.9. The zero-order chi connectivity index (χ0) is 15.7. The molecule has 1 aliphatic rings. The van der Waals surface area contributed by atoms with Crippen molar-refractivity contribution in [2.45, 2.75) is 26.3 Å². The fraction of sp³-hybridized carbons (Fsp3) is 0.263. The third-order valence-corrected chi connectivity index (χ3v) is 4.13. The highest BCUT2D eigenvalue weighted by atomic mass is 16.6. The van der Waals surface area contributed by atoms with Gasteiger partial charge in [0.25, 0.3) is 0 Å². The number of benzene rings is 2. The quantitative estimate of drug-likeness (QED) is 0.806. The molecule has 1 heterocycles. The van der Waals surface area contributed by atoms with Crippen molar-refractivity contribution in [3.05, 3.63) is 71.3 Å². The third-order valence-electron chi connectivity index (χ3n) is 4.13. The van der Waals surface area contributed by atoms with Gasteiger partial charge in [-0.2, -0.15) is 0 Å². The summed E-state index contributed by atoms with van der Waals surface area (Å²) in [6, 6.07) is 17.5. The number of rotatable bonds is 3. The van der Waals surface area contributed by atoms with Crippen molar-refractivity contribution in [1.29, 1.82) is 0 Å². The Labute approximate surface area is 130 Å². The van der Waals surface area contributed by atoms with Crippen LogP contribution in [0, 0.1) is 12.8 Å². The van der Waals surface area contributed by atoms with Gasteiger partial charge in [-0.25, -0.2) is 9.79 Å². The summed E-state index contributed by atoms with van der Waals surface area (Å²) >= 11 is 0. The van der Waals surface area contributed by atoms with Crippen LogP contribution in [-0.4, -0.2) is 11.9 Å². The summed E-state index contributed by atoms with van der Waals surface area (Å²) in [5.41, 5.74) is 1.90. The Bertz CT molecular complexity index is 717. The molecule has 3 heteroatoms. The van der Waals surface area contributed by atoms with Crippen molar-refractivity contribution >= 4 is 11.9 Å². The first kappa shape index (κ1) is 14.5. The van der Waals surface area contributed by atoms with Gasteiger partial charge in [0.05, 0.1) is 0 Å². The van der Waals surface area contributed by atoms with Crippen LogP contribution in [0.5, 0.6) is 0 Å². The van der Waals surface area contributed by atoms with Gasteiger partial charge in [0.15, 0.2) is 5.54 Å². The Morgan fingerprint density at radius 3 is 2.23 bits per heavy atom. The fourth-order valence-electron chi connectivity index (χ4n) is 2.79. The van der Waals surface area contributed by atoms with Gasteiger partial charge in [0.1, 0.15) is 0 Å². The van der Waals surface area contributed by atoms with E-state index in [1.54, 1.807) is 0 Å². The molecule has 0 saturated carbocycles. The Morgan fingerprint density at radius 1 is 1.00 bits per heavy atom. The summed E-state index contributed by atoms with van der Waals surface area (Å²) < 4.78 is 5.52. The number of aryl methyl sites for hydroxylation is 1. The average molecular weight is 293 g/mol. The Balaban J connectivity index is 2.13. The lowest BCUT2D eigenvalue weighted by Gasteiger charge is -2.26. The predicted molar refractivity (Wildman–Crippen MR) is 86.8 cm³/mol. The van der Waals surface area contributed by atoms with E-state index in [0.717, 1.165) is 16.7 Å². The van der Waals surface area contributed by atoms with E-state index in [1.807, 2.05) is 75.4 Å². The van der Waals surface area contributed by atoms with Crippen molar-refractivity contribution in [3.63, 3.8) is 0 Å². The molecular weight excluding hydrogens is 274 g/mol. The van der Waals surface area contributed by atoms with Gasteiger partial charge in [0, 0.05) is 5.56 Å². The molecule has 1 aliphatic heterocycles. The van der Waals surface area contributed by atoms with E-state index in [9.17, 15) is 4.79 Å². The summed E-state index contributed by atoms with van der Waals surface area (Å²) in [5.74, 6) is 0.106. The lowest BCUT2D eigenvalue weighted by molar-refractivity contribution is -0.141. The maximum absolute atomic E-state index is 12.7. The summed E-state index contributed by atoms with van der Waals surface area (Å²) in [6.45, 7) is 6.02. The highest BCUT2D eigenvalue weighted by Gasteiger charge is 2.50. The Kier molecular flexibility index (Phi) is 3.57. The SMILES string of the molecule is Cc1ccc([C@@]2(C(C)C)N=C(c3ccccc3)OC2=O)cc1. The molecule has 0 spiro atoms. The Morgan fingerprint density at radius 2 is 1.64 bits per heavy atom. The van der Waals surface area contributed by atoms with Gasteiger partial charge < -0.3 is 4.74 Å². The van der Waals surface area contributed by atoms with Gasteiger partial charge in [0.2, 0.25) is 5.90 Å². The second-order valence-electron chi connectivity index (χ2n) is 5.96. The topological polar surface area (TPSA) is 38.7 Å². The van der Waals surface area contributed by atoms with Crippen LogP contribution in [0.25, 0.3) is 0 Å². The standard InChI is InChI=1S/C19H19NO2/c1-13(2)19(16-11-9-14(3)10-12-16)18(21)22-17(20-19)15-7-5-4-6-8-15/h4-13H,1-3H3/t19-/m1/s1. The minimum atomic E-state index is -0.959. The summed E-state index contributed by atoms with van der Waals surface area (Å²) in [4.78, 5) is 17.4. The van der Waals surface area contributed by atoms with E-state index in [4.69, 9.17) is 9.73 Å². The lowest BCUT2D eigenvalue weighted by Crippen LogP contribution is -2.36. The van der Waals surface area contributed by atoms with Crippen molar-refractivity contribution in [2.75, 3.05) is 0 Å². The van der Waals surface area contributed by atoms with Crippen LogP contribution >= 0.6 is 0 Å². The van der Waals surface area contributed by atoms with Crippen molar-refractivity contribution in [2.24, 2.45) is 10.9 Å². The molecule has 0 aromatic heterocycles. The van der Waals surface area contributed by atoms with E-state index in [2.05, 4.69) is 0 Å². The molecule has 0 N–H and O–H groups in total. The minimum Gasteiger partial charge on any atom is -0.405 e. The van der Waals surface area contributed by atoms with Crippen molar-refractivity contribution < 1.29 is 9.53 Å². The third kappa shape index (κ3) is 2.23. The van der Waals surface area contributed by atoms with Gasteiger partial charge >= 0.3 is 5.97 Å². The van der Waals surface area contributed by atoms with Crippen LogP contribution in [0.15, 0.2) is 59.6 Å². The van der Waals surface area contributed by atoms with Gasteiger partial charge in [-0.15, -0.1) is 0 Å². The van der Waals surface area contributed by atoms with Crippen LogP contribution in [0.1, 0.15) is 30.5 Å². The number of nitrogens with zero attached hydrogens (tertiary/aromatic N) is 1. The number of ether oxygens (including phenoxy) is 1. The smallest absolute Gasteiger partial charge is 0.345 e. The second-order valence-corrected chi connectivity index (χ2v) is 5.96. The van der Waals surface area contributed by atoms with E-state index in [0.29, 0.717) is 5.90 Å². The zero-order valence-corrected chi connectivity index (χ0v) is 13.0. The van der Waals surface area contributed by atoms with E-state index in [1.165, 1.54) is 0 Å². The molecule has 2 aromatic rings. The number of esters is 1. The van der Waals surface area contributed by atoms with Crippen molar-refractivity contribution in [3.8, 4) is 0 Å². The van der Waals surface area contributed by atoms with Crippen LogP contribution in [0.2, 0.25) is 0 Å². The molecule has 112 valence electrons. The first-order chi connectivity index (χ1) is 10.5. The molecule has 0 unspecified atom stereocenters. The van der Waals surface area contributed by atoms with Gasteiger partial charge in [-0.3, -0.25) is 0 Å². The fourth-order valence-corrected chi connectivity index (χ4v) is 2.79. The molecule has 0 aliphatic carbocycles. The molecule has 2 aromatic carbocycles. The van der Waals surface area contributed by atoms with E-state index >= 15 is 0 Å². The highest BCUT2D eigenvalue weighted by Crippen LogP contribution is 2.40. The molecule has 0 bridgehead atoms. The predicted octanol–water partition coefficient (Wildman–Crippen LogP) is 3.85. The number of hydrogen-bond acceptors (Lipinski definition) is 3. The second kappa shape index (κ2) is 5.41. The van der Waals surface area contributed by atoms with Crippen LogP contribution in [0.3, 0.4) is 0 Å². The van der Waals surface area contributed by atoms with Crippen molar-refractivity contribution in [1.82, 2.24) is 0 Å². The number of aliphatic imine (C=N–C) groups is 1. The maximum Gasteiger partial charge on any atom is 0.345 e. The summed E-state index contributed by atoms with van der Waals surface area (Å²) in [6.07, 6.45) is 0. The van der Waals surface area contributed by atoms with Crippen LogP contribution in [0.4, 0.5) is 0 Å². The first-order valence-corrected chi connectivity index (χ1v) is 7.49. The number of carbonyl (C=O) groups is 1. The number of hydrogen-bond donors (Lipinski definition) is 0. The largest absolute Gasteiger partial charge is 0.405 e. The Hall–Kier alpha value is -2.42. The zero-order valence-electron chi connectivity index (χ0n) is 13.0. The number of cyclic esters (lactones) is 1. The minimum absolute atomic E-state index is 0.00363. The van der Waals surface area contributed by atoms with Gasteiger partial charge in [-0.05, 0) is 30.5 Å². The number of carbonyl (C=O) groups excluding carboxylic acids is 1.